The maximum atomic E-state index is 11.6. The van der Waals surface area contributed by atoms with Crippen LogP contribution in [0.15, 0.2) is 18.2 Å². The maximum absolute atomic E-state index is 11.6. The molecular formula is C16H25N3O2. The van der Waals surface area contributed by atoms with E-state index in [-0.39, 0.29) is 10.6 Å². The molecule has 0 amide bonds. The Bertz CT molecular complexity index is 502. The van der Waals surface area contributed by atoms with Gasteiger partial charge in [-0.2, -0.15) is 0 Å². The predicted octanol–water partition coefficient (Wildman–Crippen LogP) is 4.04. The fourth-order valence-corrected chi connectivity index (χ4v) is 3.14. The highest BCUT2D eigenvalue weighted by atomic mass is 16.6. The molecule has 1 saturated heterocycles. The first-order chi connectivity index (χ1) is 10.1. The molecule has 1 aromatic rings. The Kier molecular flexibility index (Phi) is 5.04. The van der Waals surface area contributed by atoms with Crippen LogP contribution in [0.3, 0.4) is 0 Å². The third-order valence-electron chi connectivity index (χ3n) is 4.14. The van der Waals surface area contributed by atoms with E-state index in [4.69, 9.17) is 0 Å². The average Bonchev–Trinajstić information content (AvgIpc) is 2.93. The molecule has 1 N–H and O–H groups in total. The lowest BCUT2D eigenvalue weighted by atomic mass is 10.0. The molecule has 1 heterocycles. The Morgan fingerprint density at radius 1 is 1.48 bits per heavy atom. The molecule has 5 heteroatoms. The van der Waals surface area contributed by atoms with Crippen LogP contribution in [0.1, 0.15) is 40.0 Å². The zero-order chi connectivity index (χ0) is 15.4. The number of nitrogens with zero attached hydrogens (tertiary/aromatic N) is 2. The number of rotatable bonds is 6. The van der Waals surface area contributed by atoms with E-state index in [9.17, 15) is 10.1 Å². The average molecular weight is 291 g/mol. The summed E-state index contributed by atoms with van der Waals surface area (Å²) >= 11 is 0. The zero-order valence-electron chi connectivity index (χ0n) is 13.1. The van der Waals surface area contributed by atoms with Crippen LogP contribution in [-0.4, -0.2) is 24.1 Å². The van der Waals surface area contributed by atoms with Crippen LogP contribution in [0.5, 0.6) is 0 Å². The van der Waals surface area contributed by atoms with E-state index in [1.165, 1.54) is 0 Å². The third-order valence-corrected chi connectivity index (χ3v) is 4.14. The van der Waals surface area contributed by atoms with Crippen molar-refractivity contribution in [2.75, 3.05) is 23.3 Å². The van der Waals surface area contributed by atoms with Crippen LogP contribution in [0.2, 0.25) is 0 Å². The van der Waals surface area contributed by atoms with Crippen LogP contribution in [-0.2, 0) is 0 Å². The molecule has 21 heavy (non-hydrogen) atoms. The summed E-state index contributed by atoms with van der Waals surface area (Å²) in [6.45, 7) is 8.08. The van der Waals surface area contributed by atoms with Crippen LogP contribution in [0.25, 0.3) is 0 Å². The Morgan fingerprint density at radius 2 is 2.24 bits per heavy atom. The van der Waals surface area contributed by atoms with Gasteiger partial charge in [-0.05, 0) is 37.3 Å². The largest absolute Gasteiger partial charge is 0.379 e. The van der Waals surface area contributed by atoms with Gasteiger partial charge in [-0.15, -0.1) is 0 Å². The normalized spacial score (nSPS) is 18.3. The van der Waals surface area contributed by atoms with Crippen molar-refractivity contribution in [2.24, 2.45) is 5.92 Å². The Balaban J connectivity index is 2.40. The number of anilines is 2. The lowest BCUT2D eigenvalue weighted by Crippen LogP contribution is -2.33. The van der Waals surface area contributed by atoms with Crippen molar-refractivity contribution in [3.8, 4) is 0 Å². The van der Waals surface area contributed by atoms with E-state index in [0.29, 0.717) is 17.6 Å². The zero-order valence-corrected chi connectivity index (χ0v) is 13.1. The molecule has 116 valence electrons. The fourth-order valence-electron chi connectivity index (χ4n) is 3.14. The number of nitro groups is 1. The Labute approximate surface area is 126 Å². The van der Waals surface area contributed by atoms with Crippen molar-refractivity contribution in [3.05, 3.63) is 28.3 Å². The topological polar surface area (TPSA) is 58.4 Å². The van der Waals surface area contributed by atoms with Gasteiger partial charge < -0.3 is 10.2 Å². The quantitative estimate of drug-likeness (QED) is 0.634. The van der Waals surface area contributed by atoms with Gasteiger partial charge in [0.25, 0.3) is 0 Å². The molecule has 0 radical (unpaired) electrons. The van der Waals surface area contributed by atoms with Gasteiger partial charge in [-0.1, -0.05) is 26.8 Å². The molecule has 0 aliphatic carbocycles. The summed E-state index contributed by atoms with van der Waals surface area (Å²) in [7, 11) is 0. The van der Waals surface area contributed by atoms with Crippen LogP contribution >= 0.6 is 0 Å². The lowest BCUT2D eigenvalue weighted by molar-refractivity contribution is -0.383. The van der Waals surface area contributed by atoms with Gasteiger partial charge >= 0.3 is 5.69 Å². The summed E-state index contributed by atoms with van der Waals surface area (Å²) < 4.78 is 0. The van der Waals surface area contributed by atoms with Crippen LogP contribution in [0, 0.1) is 16.0 Å². The molecule has 5 nitrogen and oxygen atoms in total. The summed E-state index contributed by atoms with van der Waals surface area (Å²) in [4.78, 5) is 13.6. The van der Waals surface area contributed by atoms with Crippen molar-refractivity contribution in [2.45, 2.75) is 46.1 Å². The van der Waals surface area contributed by atoms with Gasteiger partial charge in [0.2, 0.25) is 0 Å². The third kappa shape index (κ3) is 3.28. The summed E-state index contributed by atoms with van der Waals surface area (Å²) in [5.41, 5.74) is 1.62. The van der Waals surface area contributed by atoms with Crippen LogP contribution in [0.4, 0.5) is 17.1 Å². The molecule has 0 spiro atoms. The molecule has 0 saturated carbocycles. The van der Waals surface area contributed by atoms with Crippen LogP contribution < -0.4 is 10.2 Å². The first-order valence-corrected chi connectivity index (χ1v) is 7.84. The molecule has 0 bridgehead atoms. The second-order valence-corrected chi connectivity index (χ2v) is 6.00. The smallest absolute Gasteiger partial charge is 0.315 e. The number of hydrogen-bond acceptors (Lipinski definition) is 4. The number of nitro benzene ring substituents is 1. The molecule has 1 atom stereocenters. The molecule has 1 aromatic carbocycles. The summed E-state index contributed by atoms with van der Waals surface area (Å²) in [5, 5.41) is 14.8. The van der Waals surface area contributed by atoms with Crippen molar-refractivity contribution in [1.82, 2.24) is 0 Å². The van der Waals surface area contributed by atoms with Crippen molar-refractivity contribution < 1.29 is 4.92 Å². The minimum Gasteiger partial charge on any atom is -0.379 e. The van der Waals surface area contributed by atoms with Gasteiger partial charge in [0.15, 0.2) is 0 Å². The Hall–Kier alpha value is -1.78. The summed E-state index contributed by atoms with van der Waals surface area (Å²) in [5.74, 6) is 0.499. The molecule has 2 rings (SSSR count). The van der Waals surface area contributed by atoms with E-state index in [1.54, 1.807) is 6.07 Å². The monoisotopic (exact) mass is 291 g/mol. The highest BCUT2D eigenvalue weighted by molar-refractivity contribution is 5.77. The first-order valence-electron chi connectivity index (χ1n) is 7.84. The molecule has 1 unspecified atom stereocenters. The minimum absolute atomic E-state index is 0.221. The van der Waals surface area contributed by atoms with Gasteiger partial charge in [0.1, 0.15) is 11.4 Å². The molecule has 1 fully saturated rings. The van der Waals surface area contributed by atoms with Crippen molar-refractivity contribution >= 4 is 17.1 Å². The van der Waals surface area contributed by atoms with Gasteiger partial charge in [0.05, 0.1) is 4.92 Å². The number of hydrogen-bond donors (Lipinski definition) is 1. The molecule has 1 aliphatic heterocycles. The second-order valence-electron chi connectivity index (χ2n) is 6.00. The Morgan fingerprint density at radius 3 is 2.86 bits per heavy atom. The maximum Gasteiger partial charge on any atom is 0.315 e. The van der Waals surface area contributed by atoms with Gasteiger partial charge in [0, 0.05) is 19.1 Å². The van der Waals surface area contributed by atoms with Gasteiger partial charge in [-0.25, -0.2) is 0 Å². The van der Waals surface area contributed by atoms with Crippen molar-refractivity contribution in [1.29, 1.82) is 0 Å². The fraction of sp³-hybridized carbons (Fsp3) is 0.625. The number of benzene rings is 1. The number of para-hydroxylation sites is 1. The van der Waals surface area contributed by atoms with E-state index < -0.39 is 0 Å². The summed E-state index contributed by atoms with van der Waals surface area (Å²) in [6.07, 6.45) is 3.16. The molecule has 1 aliphatic rings. The summed E-state index contributed by atoms with van der Waals surface area (Å²) in [6, 6.07) is 5.99. The van der Waals surface area contributed by atoms with Crippen molar-refractivity contribution in [3.63, 3.8) is 0 Å². The number of nitrogens with one attached hydrogen (secondary N) is 1. The SMILES string of the molecule is CCCNc1cccc(N2CCCC2C(C)C)c1[N+](=O)[O-]. The highest BCUT2D eigenvalue weighted by Crippen LogP contribution is 2.40. The minimum atomic E-state index is -0.247. The molecule has 0 aromatic heterocycles. The van der Waals surface area contributed by atoms with E-state index in [2.05, 4.69) is 31.0 Å². The lowest BCUT2D eigenvalue weighted by Gasteiger charge is -2.29. The first kappa shape index (κ1) is 15.6. The highest BCUT2D eigenvalue weighted by Gasteiger charge is 2.32. The standard InChI is InChI=1S/C16H25N3O2/c1-4-10-17-13-7-5-8-15(16(13)19(20)21)18-11-6-9-14(18)12(2)3/h5,7-8,12,14,17H,4,6,9-11H2,1-3H3. The van der Waals surface area contributed by atoms with Gasteiger partial charge in [-0.3, -0.25) is 10.1 Å². The second kappa shape index (κ2) is 6.78. The molecular weight excluding hydrogens is 266 g/mol. The predicted molar refractivity (Wildman–Crippen MR) is 87.1 cm³/mol. The van der Waals surface area contributed by atoms with E-state index in [1.807, 2.05) is 12.1 Å². The van der Waals surface area contributed by atoms with E-state index >= 15 is 0 Å². The van der Waals surface area contributed by atoms with E-state index in [0.717, 1.165) is 38.0 Å².